The molecule has 2 aliphatic rings. The van der Waals surface area contributed by atoms with E-state index in [1.165, 1.54) is 63.8 Å². The maximum atomic E-state index is 5.94. The van der Waals surface area contributed by atoms with E-state index >= 15 is 0 Å². The van der Waals surface area contributed by atoms with Crippen molar-refractivity contribution in [1.82, 2.24) is 14.8 Å². The highest BCUT2D eigenvalue weighted by Crippen LogP contribution is 2.25. The van der Waals surface area contributed by atoms with E-state index in [0.29, 0.717) is 6.61 Å². The Kier molecular flexibility index (Phi) is 6.38. The molecule has 1 aromatic carbocycles. The van der Waals surface area contributed by atoms with E-state index in [0.717, 1.165) is 24.0 Å². The monoisotopic (exact) mass is 365 g/mol. The zero-order valence-corrected chi connectivity index (χ0v) is 16.2. The smallest absolute Gasteiger partial charge is 0.130 e. The second kappa shape index (κ2) is 9.34. The van der Waals surface area contributed by atoms with Crippen molar-refractivity contribution in [3.8, 4) is 5.75 Å². The average molecular weight is 366 g/mol. The van der Waals surface area contributed by atoms with E-state index in [2.05, 4.69) is 33.0 Å². The van der Waals surface area contributed by atoms with Crippen LogP contribution in [0.5, 0.6) is 5.75 Å². The van der Waals surface area contributed by atoms with Crippen LogP contribution in [0.3, 0.4) is 0 Å². The Morgan fingerprint density at radius 2 is 1.85 bits per heavy atom. The predicted molar refractivity (Wildman–Crippen MR) is 109 cm³/mol. The van der Waals surface area contributed by atoms with Crippen LogP contribution in [0, 0.1) is 0 Å². The van der Waals surface area contributed by atoms with Gasteiger partial charge in [0.2, 0.25) is 0 Å². The van der Waals surface area contributed by atoms with Crippen LogP contribution < -0.4 is 4.74 Å². The normalized spacial score (nSPS) is 19.9. The van der Waals surface area contributed by atoms with Crippen molar-refractivity contribution in [3.05, 3.63) is 59.9 Å². The topological polar surface area (TPSA) is 28.6 Å². The van der Waals surface area contributed by atoms with Crippen LogP contribution >= 0.6 is 0 Å². The number of benzene rings is 1. The lowest BCUT2D eigenvalue weighted by Gasteiger charge is -2.27. The van der Waals surface area contributed by atoms with Crippen molar-refractivity contribution >= 4 is 0 Å². The third kappa shape index (κ3) is 5.30. The number of hydrogen-bond donors (Lipinski definition) is 0. The van der Waals surface area contributed by atoms with Crippen LogP contribution in [0.4, 0.5) is 0 Å². The number of hydrogen-bond acceptors (Lipinski definition) is 4. The Morgan fingerprint density at radius 3 is 2.70 bits per heavy atom. The van der Waals surface area contributed by atoms with Crippen LogP contribution in [-0.2, 0) is 13.2 Å². The minimum Gasteiger partial charge on any atom is -0.487 e. The highest BCUT2D eigenvalue weighted by molar-refractivity contribution is 5.28. The second-order valence-corrected chi connectivity index (χ2v) is 7.86. The first-order valence-electron chi connectivity index (χ1n) is 10.4. The van der Waals surface area contributed by atoms with E-state index < -0.39 is 0 Å². The number of pyridine rings is 1. The maximum absolute atomic E-state index is 5.94. The standard InChI is InChI=1S/C23H31N3O/c1-2-10-22(9-1)26-14-6-13-25(15-16-26)18-20-7-5-11-23(17-20)27-19-21-8-3-4-12-24-21/h3-5,7-8,11-12,17,22H,1-2,6,9-10,13-16,18-19H2. The van der Waals surface area contributed by atoms with Gasteiger partial charge in [0.15, 0.2) is 0 Å². The Balaban J connectivity index is 1.30. The van der Waals surface area contributed by atoms with E-state index in [1.807, 2.05) is 30.5 Å². The summed E-state index contributed by atoms with van der Waals surface area (Å²) in [6.45, 7) is 6.40. The molecule has 4 nitrogen and oxygen atoms in total. The fraction of sp³-hybridized carbons (Fsp3) is 0.522. The fourth-order valence-electron chi connectivity index (χ4n) is 4.42. The summed E-state index contributed by atoms with van der Waals surface area (Å²) < 4.78 is 5.94. The molecule has 0 atom stereocenters. The average Bonchev–Trinajstić information content (AvgIpc) is 3.15. The molecule has 1 saturated heterocycles. The van der Waals surface area contributed by atoms with Gasteiger partial charge in [-0.25, -0.2) is 0 Å². The minimum absolute atomic E-state index is 0.518. The van der Waals surface area contributed by atoms with Crippen LogP contribution in [-0.4, -0.2) is 47.0 Å². The van der Waals surface area contributed by atoms with Crippen LogP contribution in [0.1, 0.15) is 43.4 Å². The molecule has 1 aliphatic carbocycles. The van der Waals surface area contributed by atoms with Gasteiger partial charge in [-0.05, 0) is 62.2 Å². The molecule has 144 valence electrons. The molecule has 0 amide bonds. The van der Waals surface area contributed by atoms with Crippen LogP contribution in [0.2, 0.25) is 0 Å². The maximum Gasteiger partial charge on any atom is 0.130 e. The molecule has 0 bridgehead atoms. The summed E-state index contributed by atoms with van der Waals surface area (Å²) in [6, 6.07) is 15.3. The number of nitrogens with zero attached hydrogens (tertiary/aromatic N) is 3. The Labute approximate surface area is 163 Å². The summed E-state index contributed by atoms with van der Waals surface area (Å²) in [5.41, 5.74) is 2.30. The third-order valence-corrected chi connectivity index (χ3v) is 5.88. The molecule has 2 aromatic rings. The molecular formula is C23H31N3O. The van der Waals surface area contributed by atoms with E-state index in [1.54, 1.807) is 0 Å². The van der Waals surface area contributed by atoms with E-state index in [4.69, 9.17) is 4.74 Å². The quantitative estimate of drug-likeness (QED) is 0.770. The molecule has 0 radical (unpaired) electrons. The molecule has 0 unspecified atom stereocenters. The van der Waals surface area contributed by atoms with Gasteiger partial charge in [-0.2, -0.15) is 0 Å². The van der Waals surface area contributed by atoms with Gasteiger partial charge in [0.25, 0.3) is 0 Å². The van der Waals surface area contributed by atoms with Gasteiger partial charge in [-0.1, -0.05) is 31.0 Å². The lowest BCUT2D eigenvalue weighted by molar-refractivity contribution is 0.198. The molecule has 4 heteroatoms. The molecular weight excluding hydrogens is 334 g/mol. The van der Waals surface area contributed by atoms with Gasteiger partial charge in [-0.3, -0.25) is 14.8 Å². The Hall–Kier alpha value is -1.91. The van der Waals surface area contributed by atoms with Crippen LogP contribution in [0.15, 0.2) is 48.7 Å². The highest BCUT2D eigenvalue weighted by atomic mass is 16.5. The van der Waals surface area contributed by atoms with Crippen molar-refractivity contribution in [3.63, 3.8) is 0 Å². The zero-order chi connectivity index (χ0) is 18.3. The molecule has 4 rings (SSSR count). The van der Waals surface area contributed by atoms with Gasteiger partial charge in [-0.15, -0.1) is 0 Å². The SMILES string of the molecule is c1ccc(COc2cccc(CN3CCCN(C4CCCC4)CC3)c2)nc1. The molecule has 2 heterocycles. The molecule has 1 saturated carbocycles. The number of ether oxygens (including phenoxy) is 1. The summed E-state index contributed by atoms with van der Waals surface area (Å²) in [5.74, 6) is 0.931. The largest absolute Gasteiger partial charge is 0.487 e. The Bertz CT molecular complexity index is 700. The van der Waals surface area contributed by atoms with E-state index in [-0.39, 0.29) is 0 Å². The second-order valence-electron chi connectivity index (χ2n) is 7.86. The van der Waals surface area contributed by atoms with Crippen LogP contribution in [0.25, 0.3) is 0 Å². The molecule has 27 heavy (non-hydrogen) atoms. The Morgan fingerprint density at radius 1 is 0.926 bits per heavy atom. The molecule has 2 fully saturated rings. The summed E-state index contributed by atoms with van der Waals surface area (Å²) >= 11 is 0. The fourth-order valence-corrected chi connectivity index (χ4v) is 4.42. The minimum atomic E-state index is 0.518. The third-order valence-electron chi connectivity index (χ3n) is 5.88. The number of aromatic nitrogens is 1. The van der Waals surface area contributed by atoms with Gasteiger partial charge in [0.05, 0.1) is 5.69 Å². The summed E-state index contributed by atoms with van der Waals surface area (Å²) in [7, 11) is 0. The van der Waals surface area contributed by atoms with Crippen molar-refractivity contribution in [2.24, 2.45) is 0 Å². The van der Waals surface area contributed by atoms with Crippen molar-refractivity contribution in [2.75, 3.05) is 26.2 Å². The zero-order valence-electron chi connectivity index (χ0n) is 16.2. The first-order valence-corrected chi connectivity index (χ1v) is 10.4. The lowest BCUT2D eigenvalue weighted by atomic mass is 10.2. The molecule has 1 aliphatic heterocycles. The van der Waals surface area contributed by atoms with Crippen molar-refractivity contribution < 1.29 is 4.74 Å². The molecule has 0 N–H and O–H groups in total. The summed E-state index contributed by atoms with van der Waals surface area (Å²) in [4.78, 5) is 9.68. The molecule has 0 spiro atoms. The molecule has 1 aromatic heterocycles. The summed E-state index contributed by atoms with van der Waals surface area (Å²) in [6.07, 6.45) is 8.77. The lowest BCUT2D eigenvalue weighted by Crippen LogP contribution is -2.36. The van der Waals surface area contributed by atoms with Gasteiger partial charge >= 0.3 is 0 Å². The first-order chi connectivity index (χ1) is 13.4. The summed E-state index contributed by atoms with van der Waals surface area (Å²) in [5, 5.41) is 0. The first kappa shape index (κ1) is 18.5. The van der Waals surface area contributed by atoms with Crippen molar-refractivity contribution in [1.29, 1.82) is 0 Å². The highest BCUT2D eigenvalue weighted by Gasteiger charge is 2.24. The van der Waals surface area contributed by atoms with Gasteiger partial charge < -0.3 is 4.74 Å². The number of rotatable bonds is 6. The van der Waals surface area contributed by atoms with Gasteiger partial charge in [0, 0.05) is 31.9 Å². The van der Waals surface area contributed by atoms with Crippen molar-refractivity contribution in [2.45, 2.75) is 51.3 Å². The van der Waals surface area contributed by atoms with Gasteiger partial charge in [0.1, 0.15) is 12.4 Å². The van der Waals surface area contributed by atoms with E-state index in [9.17, 15) is 0 Å². The predicted octanol–water partition coefficient (Wildman–Crippen LogP) is 4.11.